The van der Waals surface area contributed by atoms with Crippen LogP contribution in [0.1, 0.15) is 0 Å². The second kappa shape index (κ2) is 8.88. The second-order valence-electron chi connectivity index (χ2n) is 6.74. The highest BCUT2D eigenvalue weighted by atomic mass is 35.5. The maximum Gasteiger partial charge on any atom is 0.270 e. The summed E-state index contributed by atoms with van der Waals surface area (Å²) in [6.07, 6.45) is 0. The third kappa shape index (κ3) is 4.78. The molecule has 0 saturated heterocycles. The number of methoxy groups -OCH3 is 1. The van der Waals surface area contributed by atoms with Crippen LogP contribution in [0.2, 0.25) is 5.02 Å². The SMILES string of the molecule is COc1ccc(Cl)c(Nc2nc3ccccc3nc2NS(=O)(=O)c2cccc([N+](=O)[O-])c2)c1. The van der Waals surface area contributed by atoms with Crippen LogP contribution >= 0.6 is 11.6 Å². The average molecular weight is 486 g/mol. The molecule has 0 amide bonds. The molecule has 0 bridgehead atoms. The van der Waals surface area contributed by atoms with E-state index in [1.54, 1.807) is 42.5 Å². The molecule has 10 nitrogen and oxygen atoms in total. The summed E-state index contributed by atoms with van der Waals surface area (Å²) in [5.74, 6) is 0.492. The molecule has 4 rings (SSSR count). The zero-order chi connectivity index (χ0) is 23.6. The van der Waals surface area contributed by atoms with Gasteiger partial charge in [0.25, 0.3) is 15.7 Å². The lowest BCUT2D eigenvalue weighted by atomic mass is 10.3. The van der Waals surface area contributed by atoms with Gasteiger partial charge in [-0.25, -0.2) is 18.4 Å². The van der Waals surface area contributed by atoms with Crippen LogP contribution in [0.5, 0.6) is 5.75 Å². The molecule has 168 valence electrons. The van der Waals surface area contributed by atoms with Crippen molar-refractivity contribution in [2.75, 3.05) is 17.1 Å². The largest absolute Gasteiger partial charge is 0.497 e. The Labute approximate surface area is 193 Å². The minimum absolute atomic E-state index is 0.0814. The molecule has 3 aromatic carbocycles. The molecule has 0 fully saturated rings. The molecule has 12 heteroatoms. The summed E-state index contributed by atoms with van der Waals surface area (Å²) >= 11 is 6.28. The second-order valence-corrected chi connectivity index (χ2v) is 8.83. The summed E-state index contributed by atoms with van der Waals surface area (Å²) in [4.78, 5) is 19.0. The predicted octanol–water partition coefficient (Wildman–Crippen LogP) is 4.74. The zero-order valence-corrected chi connectivity index (χ0v) is 18.6. The molecule has 0 aliphatic carbocycles. The minimum atomic E-state index is -4.23. The smallest absolute Gasteiger partial charge is 0.270 e. The van der Waals surface area contributed by atoms with E-state index in [4.69, 9.17) is 16.3 Å². The number of rotatable bonds is 7. The van der Waals surface area contributed by atoms with Crippen molar-refractivity contribution in [3.8, 4) is 5.75 Å². The molecule has 0 aliphatic heterocycles. The molecule has 0 atom stereocenters. The van der Waals surface area contributed by atoms with Gasteiger partial charge in [0, 0.05) is 18.2 Å². The number of hydrogen-bond donors (Lipinski definition) is 2. The standard InChI is InChI=1S/C21H16ClN5O5S/c1-32-14-9-10-16(22)19(12-14)25-20-21(24-18-8-3-2-7-17(18)23-20)26-33(30,31)15-6-4-5-13(11-15)27(28)29/h2-12H,1H3,(H,23,25)(H,24,26). The Morgan fingerprint density at radius 2 is 1.67 bits per heavy atom. The van der Waals surface area contributed by atoms with E-state index in [1.807, 2.05) is 0 Å². The topological polar surface area (TPSA) is 136 Å². The van der Waals surface area contributed by atoms with Crippen molar-refractivity contribution in [3.05, 3.63) is 81.9 Å². The number of nitro benzene ring substituents is 1. The van der Waals surface area contributed by atoms with Crippen molar-refractivity contribution >= 4 is 55.7 Å². The van der Waals surface area contributed by atoms with Crippen LogP contribution in [0.25, 0.3) is 11.0 Å². The average Bonchev–Trinajstić information content (AvgIpc) is 2.80. The fourth-order valence-corrected chi connectivity index (χ4v) is 4.18. The van der Waals surface area contributed by atoms with E-state index in [-0.39, 0.29) is 22.2 Å². The number of fused-ring (bicyclic) bond motifs is 1. The number of non-ortho nitro benzene ring substituents is 1. The first kappa shape index (κ1) is 22.2. The van der Waals surface area contributed by atoms with Gasteiger partial charge in [0.05, 0.1) is 38.7 Å². The predicted molar refractivity (Wildman–Crippen MR) is 125 cm³/mol. The molecule has 1 aromatic heterocycles. The van der Waals surface area contributed by atoms with Crippen LogP contribution in [0.4, 0.5) is 23.0 Å². The molecule has 1 heterocycles. The van der Waals surface area contributed by atoms with Crippen LogP contribution < -0.4 is 14.8 Å². The van der Waals surface area contributed by atoms with E-state index in [0.717, 1.165) is 6.07 Å². The number of nitrogens with one attached hydrogen (secondary N) is 2. The number of sulfonamides is 1. The van der Waals surface area contributed by atoms with E-state index in [0.29, 0.717) is 27.5 Å². The Bertz CT molecular complexity index is 1480. The molecule has 0 radical (unpaired) electrons. The van der Waals surface area contributed by atoms with Gasteiger partial charge in [-0.1, -0.05) is 29.8 Å². The molecule has 0 spiro atoms. The van der Waals surface area contributed by atoms with Crippen molar-refractivity contribution in [1.29, 1.82) is 0 Å². The molecule has 0 unspecified atom stereocenters. The van der Waals surface area contributed by atoms with Gasteiger partial charge in [-0.2, -0.15) is 0 Å². The molecule has 2 N–H and O–H groups in total. The Morgan fingerprint density at radius 1 is 0.970 bits per heavy atom. The maximum absolute atomic E-state index is 13.0. The first-order chi connectivity index (χ1) is 15.8. The van der Waals surface area contributed by atoms with Crippen LogP contribution in [0.15, 0.2) is 71.6 Å². The highest BCUT2D eigenvalue weighted by Gasteiger charge is 2.21. The zero-order valence-electron chi connectivity index (χ0n) is 17.0. The van der Waals surface area contributed by atoms with E-state index >= 15 is 0 Å². The number of anilines is 3. The Hall–Kier alpha value is -3.96. The third-order valence-electron chi connectivity index (χ3n) is 4.57. The van der Waals surface area contributed by atoms with Crippen LogP contribution in [0, 0.1) is 10.1 Å². The number of aromatic nitrogens is 2. The quantitative estimate of drug-likeness (QED) is 0.283. The van der Waals surface area contributed by atoms with Crippen LogP contribution in [-0.2, 0) is 10.0 Å². The molecule has 0 aliphatic rings. The monoisotopic (exact) mass is 485 g/mol. The number of hydrogen-bond acceptors (Lipinski definition) is 8. The van der Waals surface area contributed by atoms with Gasteiger partial charge in [-0.05, 0) is 30.3 Å². The van der Waals surface area contributed by atoms with Crippen molar-refractivity contribution in [1.82, 2.24) is 9.97 Å². The van der Waals surface area contributed by atoms with E-state index in [2.05, 4.69) is 20.0 Å². The normalized spacial score (nSPS) is 11.2. The van der Waals surface area contributed by atoms with Crippen molar-refractivity contribution < 1.29 is 18.1 Å². The summed E-state index contributed by atoms with van der Waals surface area (Å²) in [5, 5.41) is 14.4. The van der Waals surface area contributed by atoms with Gasteiger partial charge in [0.1, 0.15) is 5.75 Å². The fraction of sp³-hybridized carbons (Fsp3) is 0.0476. The van der Waals surface area contributed by atoms with Gasteiger partial charge < -0.3 is 10.1 Å². The summed E-state index contributed by atoms with van der Waals surface area (Å²) in [7, 11) is -2.73. The molecular formula is C21H16ClN5O5S. The summed E-state index contributed by atoms with van der Waals surface area (Å²) < 4.78 is 33.6. The highest BCUT2D eigenvalue weighted by molar-refractivity contribution is 7.92. The summed E-state index contributed by atoms with van der Waals surface area (Å²) in [6.45, 7) is 0. The summed E-state index contributed by atoms with van der Waals surface area (Å²) in [5.41, 5.74) is 1.01. The fourth-order valence-electron chi connectivity index (χ4n) is 2.96. The Morgan fingerprint density at radius 3 is 2.33 bits per heavy atom. The van der Waals surface area contributed by atoms with Crippen molar-refractivity contribution in [2.24, 2.45) is 0 Å². The number of ether oxygens (including phenoxy) is 1. The number of para-hydroxylation sites is 2. The van der Waals surface area contributed by atoms with Gasteiger partial charge in [0.15, 0.2) is 11.6 Å². The maximum atomic E-state index is 13.0. The minimum Gasteiger partial charge on any atom is -0.497 e. The Balaban J connectivity index is 1.80. The molecule has 0 saturated carbocycles. The van der Waals surface area contributed by atoms with Crippen molar-refractivity contribution in [3.63, 3.8) is 0 Å². The number of halogens is 1. The van der Waals surface area contributed by atoms with E-state index < -0.39 is 14.9 Å². The third-order valence-corrected chi connectivity index (χ3v) is 6.23. The number of nitro groups is 1. The molecule has 33 heavy (non-hydrogen) atoms. The lowest BCUT2D eigenvalue weighted by molar-refractivity contribution is -0.385. The van der Waals surface area contributed by atoms with Gasteiger partial charge in [0.2, 0.25) is 0 Å². The summed E-state index contributed by atoms with van der Waals surface area (Å²) in [6, 6.07) is 16.5. The van der Waals surface area contributed by atoms with Crippen molar-refractivity contribution in [2.45, 2.75) is 4.90 Å². The Kier molecular flexibility index (Phi) is 5.99. The van der Waals surface area contributed by atoms with E-state index in [9.17, 15) is 18.5 Å². The molecule has 4 aromatic rings. The molecular weight excluding hydrogens is 470 g/mol. The van der Waals surface area contributed by atoms with Crippen LogP contribution in [-0.4, -0.2) is 30.4 Å². The lowest BCUT2D eigenvalue weighted by Crippen LogP contribution is -2.16. The van der Waals surface area contributed by atoms with E-state index in [1.165, 1.54) is 25.3 Å². The number of benzene rings is 3. The van der Waals surface area contributed by atoms with Crippen LogP contribution in [0.3, 0.4) is 0 Å². The first-order valence-corrected chi connectivity index (χ1v) is 11.3. The number of nitrogens with zero attached hydrogens (tertiary/aromatic N) is 3. The lowest BCUT2D eigenvalue weighted by Gasteiger charge is -2.15. The van der Waals surface area contributed by atoms with Gasteiger partial charge in [-0.3, -0.25) is 14.8 Å². The first-order valence-electron chi connectivity index (χ1n) is 9.41. The highest BCUT2D eigenvalue weighted by Crippen LogP contribution is 2.33. The van der Waals surface area contributed by atoms with Gasteiger partial charge in [-0.15, -0.1) is 0 Å². The van der Waals surface area contributed by atoms with Gasteiger partial charge >= 0.3 is 0 Å².